The highest BCUT2D eigenvalue weighted by molar-refractivity contribution is 5.68. The second-order valence-corrected chi connectivity index (χ2v) is 8.86. The summed E-state index contributed by atoms with van der Waals surface area (Å²) in [5.74, 6) is 2.13. The molecule has 6 heterocycles. The molecule has 2 bridgehead atoms. The normalized spacial score (nSPS) is 28.7. The lowest BCUT2D eigenvalue weighted by atomic mass is 10.0. The summed E-state index contributed by atoms with van der Waals surface area (Å²) in [5, 5.41) is 0. The molecule has 4 atom stereocenters. The zero-order valence-electron chi connectivity index (χ0n) is 17.4. The van der Waals surface area contributed by atoms with Crippen molar-refractivity contribution in [3.8, 4) is 17.0 Å². The molecule has 2 aromatic heterocycles. The number of hydrogen-bond acceptors (Lipinski definition) is 9. The van der Waals surface area contributed by atoms with E-state index < -0.39 is 6.61 Å². The average Bonchev–Trinajstić information content (AvgIpc) is 3.55. The van der Waals surface area contributed by atoms with E-state index in [1.807, 2.05) is 6.07 Å². The van der Waals surface area contributed by atoms with Crippen LogP contribution in [0.3, 0.4) is 0 Å². The van der Waals surface area contributed by atoms with E-state index in [4.69, 9.17) is 25.2 Å². The van der Waals surface area contributed by atoms with Gasteiger partial charge in [-0.1, -0.05) is 0 Å². The molecule has 0 radical (unpaired) electrons. The Kier molecular flexibility index (Phi) is 4.76. The smallest absolute Gasteiger partial charge is 0.387 e. The number of nitrogens with zero attached hydrogens (tertiary/aromatic N) is 5. The van der Waals surface area contributed by atoms with Crippen LogP contribution in [-0.4, -0.2) is 73.2 Å². The lowest BCUT2D eigenvalue weighted by molar-refractivity contribution is -0.0494. The van der Waals surface area contributed by atoms with E-state index >= 15 is 0 Å². The highest BCUT2D eigenvalue weighted by atomic mass is 19.3. The van der Waals surface area contributed by atoms with Gasteiger partial charge in [-0.15, -0.1) is 0 Å². The molecular weight excluding hydrogens is 422 g/mol. The van der Waals surface area contributed by atoms with E-state index in [0.717, 1.165) is 45.1 Å². The van der Waals surface area contributed by atoms with Crippen LogP contribution in [0, 0.1) is 11.8 Å². The first-order chi connectivity index (χ1) is 15.5. The monoisotopic (exact) mass is 446 g/mol. The predicted octanol–water partition coefficient (Wildman–Crippen LogP) is 1.78. The van der Waals surface area contributed by atoms with Crippen LogP contribution in [0.1, 0.15) is 6.42 Å². The van der Waals surface area contributed by atoms with Gasteiger partial charge < -0.3 is 29.7 Å². The number of alkyl halides is 2. The molecule has 11 heteroatoms. The number of pyridine rings is 1. The molecule has 0 saturated carbocycles. The van der Waals surface area contributed by atoms with Crippen molar-refractivity contribution in [3.63, 3.8) is 0 Å². The zero-order chi connectivity index (χ0) is 21.8. The minimum atomic E-state index is -2.99. The van der Waals surface area contributed by atoms with Crippen molar-refractivity contribution < 1.29 is 23.0 Å². The fourth-order valence-electron chi connectivity index (χ4n) is 5.17. The van der Waals surface area contributed by atoms with Crippen molar-refractivity contribution in [2.24, 2.45) is 11.8 Å². The summed E-state index contributed by atoms with van der Waals surface area (Å²) in [6.07, 6.45) is 2.72. The van der Waals surface area contributed by atoms with Crippen molar-refractivity contribution in [3.05, 3.63) is 18.3 Å². The van der Waals surface area contributed by atoms with Crippen molar-refractivity contribution in [1.82, 2.24) is 15.0 Å². The molecular formula is C21H24F2N6O3. The molecule has 4 fully saturated rings. The van der Waals surface area contributed by atoms with Gasteiger partial charge >= 0.3 is 6.61 Å². The van der Waals surface area contributed by atoms with Gasteiger partial charge in [0.25, 0.3) is 0 Å². The van der Waals surface area contributed by atoms with E-state index in [2.05, 4.69) is 19.5 Å². The number of ether oxygens (including phenoxy) is 3. The standard InChI is InChI=1S/C21H24F2N6O3/c22-20(23)32-17-1-11(4-25-19(17)24)16-3-18(29-7-15-2-14(29)10-31-15)27-21(26-16)28-5-12-8-30-9-13(12)6-28/h1,3-4,12-15,20H,2,5-10H2,(H2,24,25)/t12-,13+,14-,15-/m0/s1. The number of hydrogen-bond donors (Lipinski definition) is 1. The molecule has 0 unspecified atom stereocenters. The molecule has 32 heavy (non-hydrogen) atoms. The minimum absolute atomic E-state index is 0.0927. The second kappa shape index (κ2) is 7.66. The molecule has 2 N–H and O–H groups in total. The summed E-state index contributed by atoms with van der Waals surface area (Å²) in [6.45, 7) is 1.66. The van der Waals surface area contributed by atoms with E-state index in [9.17, 15) is 8.78 Å². The number of morpholine rings is 1. The molecule has 170 valence electrons. The number of rotatable bonds is 5. The Morgan fingerprint density at radius 3 is 2.59 bits per heavy atom. The van der Waals surface area contributed by atoms with Crippen LogP contribution in [-0.2, 0) is 9.47 Å². The van der Waals surface area contributed by atoms with E-state index in [0.29, 0.717) is 35.6 Å². The van der Waals surface area contributed by atoms with Crippen LogP contribution >= 0.6 is 0 Å². The van der Waals surface area contributed by atoms with Gasteiger partial charge in [0.15, 0.2) is 11.6 Å². The highest BCUT2D eigenvalue weighted by Crippen LogP contribution is 2.37. The maximum absolute atomic E-state index is 12.8. The Labute approximate surface area is 183 Å². The Morgan fingerprint density at radius 1 is 1.09 bits per heavy atom. The van der Waals surface area contributed by atoms with Crippen molar-refractivity contribution >= 4 is 17.6 Å². The number of anilines is 3. The van der Waals surface area contributed by atoms with Crippen LogP contribution in [0.15, 0.2) is 18.3 Å². The molecule has 2 aromatic rings. The Bertz CT molecular complexity index is 1020. The summed E-state index contributed by atoms with van der Waals surface area (Å²) < 4.78 is 41.5. The summed E-state index contributed by atoms with van der Waals surface area (Å²) in [7, 11) is 0. The number of nitrogen functional groups attached to an aromatic ring is 1. The zero-order valence-corrected chi connectivity index (χ0v) is 17.4. The lowest BCUT2D eigenvalue weighted by Crippen LogP contribution is -2.38. The highest BCUT2D eigenvalue weighted by Gasteiger charge is 2.41. The molecule has 6 rings (SSSR count). The van der Waals surface area contributed by atoms with Crippen LogP contribution < -0.4 is 20.3 Å². The van der Waals surface area contributed by atoms with Gasteiger partial charge in [-0.2, -0.15) is 13.8 Å². The molecule has 9 nitrogen and oxygen atoms in total. The Balaban J connectivity index is 1.38. The molecule has 4 aliphatic rings. The fraction of sp³-hybridized carbons (Fsp3) is 0.571. The van der Waals surface area contributed by atoms with Gasteiger partial charge in [0.1, 0.15) is 5.82 Å². The quantitative estimate of drug-likeness (QED) is 0.737. The van der Waals surface area contributed by atoms with Gasteiger partial charge in [-0.05, 0) is 12.5 Å². The van der Waals surface area contributed by atoms with E-state index in [1.54, 1.807) is 0 Å². The third-order valence-corrected chi connectivity index (χ3v) is 6.81. The number of nitrogens with two attached hydrogens (primary N) is 1. The fourth-order valence-corrected chi connectivity index (χ4v) is 5.17. The Morgan fingerprint density at radius 2 is 1.91 bits per heavy atom. The summed E-state index contributed by atoms with van der Waals surface area (Å²) in [6, 6.07) is 3.61. The van der Waals surface area contributed by atoms with Crippen LogP contribution in [0.5, 0.6) is 5.75 Å². The van der Waals surface area contributed by atoms with E-state index in [-0.39, 0.29) is 23.7 Å². The number of fused-ring (bicyclic) bond motifs is 3. The molecule has 0 spiro atoms. The number of aromatic nitrogens is 3. The van der Waals surface area contributed by atoms with Gasteiger partial charge in [-0.25, -0.2) is 9.97 Å². The lowest BCUT2D eigenvalue weighted by Gasteiger charge is -2.29. The van der Waals surface area contributed by atoms with Gasteiger partial charge in [0, 0.05) is 49.3 Å². The maximum Gasteiger partial charge on any atom is 0.387 e. The summed E-state index contributed by atoms with van der Waals surface area (Å²) >= 11 is 0. The predicted molar refractivity (Wildman–Crippen MR) is 112 cm³/mol. The first-order valence-electron chi connectivity index (χ1n) is 10.8. The second-order valence-electron chi connectivity index (χ2n) is 8.86. The maximum atomic E-state index is 12.8. The third-order valence-electron chi connectivity index (χ3n) is 6.81. The van der Waals surface area contributed by atoms with Crippen molar-refractivity contribution in [2.45, 2.75) is 25.2 Å². The molecule has 4 aliphatic heterocycles. The third kappa shape index (κ3) is 3.49. The van der Waals surface area contributed by atoms with Crippen molar-refractivity contribution in [2.75, 3.05) is 55.0 Å². The summed E-state index contributed by atoms with van der Waals surface area (Å²) in [4.78, 5) is 18.2. The Hall–Kier alpha value is -2.79. The van der Waals surface area contributed by atoms with Crippen molar-refractivity contribution in [1.29, 1.82) is 0 Å². The first kappa shape index (κ1) is 19.9. The minimum Gasteiger partial charge on any atom is -0.431 e. The number of halogens is 2. The molecule has 0 aromatic carbocycles. The van der Waals surface area contributed by atoms with Crippen LogP contribution in [0.4, 0.5) is 26.4 Å². The topological polar surface area (TPSA) is 98.9 Å². The first-order valence-corrected chi connectivity index (χ1v) is 10.8. The largest absolute Gasteiger partial charge is 0.431 e. The molecule has 0 aliphatic carbocycles. The van der Waals surface area contributed by atoms with Gasteiger partial charge in [0.05, 0.1) is 37.7 Å². The SMILES string of the molecule is Nc1ncc(-c2cc(N3C[C@@H]4C[C@H]3CO4)nc(N3C[C@H]4COC[C@H]4C3)n2)cc1OC(F)F. The van der Waals surface area contributed by atoms with Crippen LogP contribution in [0.25, 0.3) is 11.3 Å². The molecule has 0 amide bonds. The van der Waals surface area contributed by atoms with Crippen LogP contribution in [0.2, 0.25) is 0 Å². The molecule has 4 saturated heterocycles. The van der Waals surface area contributed by atoms with E-state index in [1.165, 1.54) is 12.3 Å². The van der Waals surface area contributed by atoms with Gasteiger partial charge in [0.2, 0.25) is 5.95 Å². The average molecular weight is 446 g/mol. The van der Waals surface area contributed by atoms with Gasteiger partial charge in [-0.3, -0.25) is 0 Å². The summed E-state index contributed by atoms with van der Waals surface area (Å²) in [5.41, 5.74) is 6.86.